The molecule has 1 unspecified atom stereocenters. The van der Waals surface area contributed by atoms with Gasteiger partial charge in [-0.25, -0.2) is 4.79 Å². The molecule has 4 rings (SSSR count). The van der Waals surface area contributed by atoms with Crippen LogP contribution in [-0.4, -0.2) is 22.7 Å². The molecule has 1 aromatic heterocycles. The second-order valence-electron chi connectivity index (χ2n) is 8.48. The summed E-state index contributed by atoms with van der Waals surface area (Å²) in [4.78, 5) is 27.5. The van der Waals surface area contributed by atoms with E-state index in [9.17, 15) is 20.0 Å². The molecule has 0 radical (unpaired) electrons. The van der Waals surface area contributed by atoms with E-state index < -0.39 is 11.6 Å². The lowest BCUT2D eigenvalue weighted by molar-refractivity contribution is 0.0696. The number of epoxide rings is 1. The Morgan fingerprint density at radius 3 is 2.59 bits per heavy atom. The Balaban J connectivity index is 1.99. The number of carboxylic acid groups (broad SMARTS) is 1. The Bertz CT molecular complexity index is 1100. The maximum Gasteiger partial charge on any atom is 0.335 e. The van der Waals surface area contributed by atoms with E-state index in [2.05, 4.69) is 4.98 Å². The topological polar surface area (TPSA) is 106 Å². The van der Waals surface area contributed by atoms with Gasteiger partial charge in [0.25, 0.3) is 5.56 Å². The lowest BCUT2D eigenvalue weighted by Crippen LogP contribution is -2.27. The van der Waals surface area contributed by atoms with Crippen LogP contribution in [0.3, 0.4) is 0 Å². The van der Waals surface area contributed by atoms with Gasteiger partial charge in [0.2, 0.25) is 0 Å². The van der Waals surface area contributed by atoms with Crippen LogP contribution in [0.15, 0.2) is 23.0 Å². The average Bonchev–Trinajstić information content (AvgIpc) is 3.58. The molecule has 0 amide bonds. The molecule has 2 fully saturated rings. The summed E-state index contributed by atoms with van der Waals surface area (Å²) in [6, 6.07) is 6.65. The highest BCUT2D eigenvalue weighted by molar-refractivity contribution is 5.88. The highest BCUT2D eigenvalue weighted by Crippen LogP contribution is 2.50. The molecule has 150 valence electrons. The van der Waals surface area contributed by atoms with Gasteiger partial charge in [0.05, 0.1) is 23.8 Å². The first kappa shape index (κ1) is 19.4. The van der Waals surface area contributed by atoms with Gasteiger partial charge in [-0.05, 0) is 67.3 Å². The lowest BCUT2D eigenvalue weighted by Gasteiger charge is -2.24. The summed E-state index contributed by atoms with van der Waals surface area (Å²) in [5, 5.41) is 18.9. The third-order valence-corrected chi connectivity index (χ3v) is 5.95. The van der Waals surface area contributed by atoms with E-state index in [1.165, 1.54) is 18.9 Å². The Kier molecular flexibility index (Phi) is 4.59. The zero-order valence-electron chi connectivity index (χ0n) is 16.8. The molecule has 0 spiro atoms. The molecule has 1 aromatic carbocycles. The van der Waals surface area contributed by atoms with Crippen molar-refractivity contribution < 1.29 is 14.6 Å². The summed E-state index contributed by atoms with van der Waals surface area (Å²) in [6.45, 7) is 6.24. The number of aromatic carboxylic acids is 1. The van der Waals surface area contributed by atoms with Crippen molar-refractivity contribution in [3.63, 3.8) is 0 Å². The zero-order valence-corrected chi connectivity index (χ0v) is 16.8. The van der Waals surface area contributed by atoms with Gasteiger partial charge in [-0.1, -0.05) is 13.8 Å². The van der Waals surface area contributed by atoms with Gasteiger partial charge in [0.1, 0.15) is 5.60 Å². The Labute approximate surface area is 169 Å². The summed E-state index contributed by atoms with van der Waals surface area (Å²) in [7, 11) is 0. The van der Waals surface area contributed by atoms with Gasteiger partial charge in [-0.3, -0.25) is 4.79 Å². The summed E-state index contributed by atoms with van der Waals surface area (Å²) in [6.07, 6.45) is 3.22. The third kappa shape index (κ3) is 3.36. The van der Waals surface area contributed by atoms with E-state index >= 15 is 0 Å². The predicted octanol–water partition coefficient (Wildman–Crippen LogP) is 3.60. The van der Waals surface area contributed by atoms with Crippen molar-refractivity contribution in [2.75, 3.05) is 6.61 Å². The van der Waals surface area contributed by atoms with E-state index in [4.69, 9.17) is 4.74 Å². The number of aromatic amines is 1. The third-order valence-electron chi connectivity index (χ3n) is 5.95. The number of aryl methyl sites for hydroxylation is 1. The van der Waals surface area contributed by atoms with Crippen LogP contribution in [-0.2, 0) is 16.8 Å². The fraction of sp³-hybridized carbons (Fsp3) is 0.435. The maximum atomic E-state index is 12.9. The first-order valence-corrected chi connectivity index (χ1v) is 9.96. The molecule has 1 aliphatic carbocycles. The molecule has 2 heterocycles. The predicted molar refractivity (Wildman–Crippen MR) is 107 cm³/mol. The molecule has 1 saturated heterocycles. The van der Waals surface area contributed by atoms with Gasteiger partial charge in [0, 0.05) is 16.8 Å². The summed E-state index contributed by atoms with van der Waals surface area (Å²) in [5.41, 5.74) is 3.42. The van der Waals surface area contributed by atoms with Gasteiger partial charge in [-0.2, -0.15) is 5.26 Å². The van der Waals surface area contributed by atoms with E-state index in [1.54, 1.807) is 12.1 Å². The molecule has 1 aliphatic heterocycles. The van der Waals surface area contributed by atoms with Gasteiger partial charge < -0.3 is 14.8 Å². The van der Waals surface area contributed by atoms with Crippen LogP contribution >= 0.6 is 0 Å². The Hall–Kier alpha value is -2.91. The molecule has 1 atom stereocenters. The highest BCUT2D eigenvalue weighted by Gasteiger charge is 2.52. The molecule has 0 bridgehead atoms. The van der Waals surface area contributed by atoms with E-state index in [-0.39, 0.29) is 22.6 Å². The van der Waals surface area contributed by atoms with Crippen molar-refractivity contribution in [1.29, 1.82) is 5.26 Å². The number of carboxylic acids is 1. The molecule has 6 nitrogen and oxygen atoms in total. The number of rotatable bonds is 6. The maximum absolute atomic E-state index is 12.9. The van der Waals surface area contributed by atoms with Crippen LogP contribution in [0.5, 0.6) is 0 Å². The van der Waals surface area contributed by atoms with Crippen molar-refractivity contribution in [2.24, 2.45) is 5.92 Å². The summed E-state index contributed by atoms with van der Waals surface area (Å²) < 4.78 is 5.99. The van der Waals surface area contributed by atoms with E-state index in [0.29, 0.717) is 23.7 Å². The molecule has 29 heavy (non-hydrogen) atoms. The zero-order chi connectivity index (χ0) is 20.9. The number of pyridine rings is 1. The molecule has 2 aliphatic rings. The van der Waals surface area contributed by atoms with Crippen molar-refractivity contribution in [2.45, 2.75) is 51.6 Å². The highest BCUT2D eigenvalue weighted by atomic mass is 16.6. The van der Waals surface area contributed by atoms with Crippen molar-refractivity contribution >= 4 is 5.97 Å². The van der Waals surface area contributed by atoms with Crippen molar-refractivity contribution in [1.82, 2.24) is 4.98 Å². The second kappa shape index (κ2) is 6.85. The van der Waals surface area contributed by atoms with Crippen LogP contribution in [0.4, 0.5) is 0 Å². The fourth-order valence-electron chi connectivity index (χ4n) is 4.23. The molecular formula is C23H24N2O4. The number of hydrogen-bond acceptors (Lipinski definition) is 4. The summed E-state index contributed by atoms with van der Waals surface area (Å²) in [5.74, 6) is -0.510. The molecular weight excluding hydrogens is 368 g/mol. The van der Waals surface area contributed by atoms with Crippen LogP contribution in [0.25, 0.3) is 0 Å². The Morgan fingerprint density at radius 2 is 2.07 bits per heavy atom. The number of nitriles is 1. The van der Waals surface area contributed by atoms with Crippen LogP contribution < -0.4 is 5.56 Å². The standard InChI is InChI=1S/C23H24N2O4/c1-12(2)19-20(18(8-14-4-5-14)13(3)25-21(19)26)23(11-29-23)17-7-15(10-24)6-16(9-17)22(27)28/h6-7,9,12,14H,4-5,8,11H2,1-3H3,(H,25,26)(H,27,28). The molecule has 1 saturated carbocycles. The van der Waals surface area contributed by atoms with Crippen LogP contribution in [0.1, 0.15) is 76.5 Å². The van der Waals surface area contributed by atoms with Crippen molar-refractivity contribution in [3.05, 3.63) is 67.6 Å². The van der Waals surface area contributed by atoms with Crippen LogP contribution in [0, 0.1) is 24.2 Å². The minimum absolute atomic E-state index is 0.0218. The normalized spacial score (nSPS) is 20.5. The van der Waals surface area contributed by atoms with Crippen molar-refractivity contribution in [3.8, 4) is 6.07 Å². The first-order chi connectivity index (χ1) is 13.8. The quantitative estimate of drug-likeness (QED) is 0.731. The average molecular weight is 392 g/mol. The summed E-state index contributed by atoms with van der Waals surface area (Å²) >= 11 is 0. The number of benzene rings is 1. The van der Waals surface area contributed by atoms with E-state index in [0.717, 1.165) is 23.2 Å². The molecule has 2 aromatic rings. The number of hydrogen-bond donors (Lipinski definition) is 2. The number of H-pyrrole nitrogens is 1. The fourth-order valence-corrected chi connectivity index (χ4v) is 4.23. The van der Waals surface area contributed by atoms with E-state index in [1.807, 2.05) is 26.8 Å². The largest absolute Gasteiger partial charge is 0.478 e. The number of nitrogens with one attached hydrogen (secondary N) is 1. The molecule has 2 N–H and O–H groups in total. The minimum atomic E-state index is -1.09. The Morgan fingerprint density at radius 1 is 1.38 bits per heavy atom. The number of aromatic nitrogens is 1. The second-order valence-corrected chi connectivity index (χ2v) is 8.48. The van der Waals surface area contributed by atoms with Gasteiger partial charge >= 0.3 is 5.97 Å². The number of nitrogens with zero attached hydrogens (tertiary/aromatic N) is 1. The van der Waals surface area contributed by atoms with Gasteiger partial charge in [0.15, 0.2) is 0 Å². The monoisotopic (exact) mass is 392 g/mol. The SMILES string of the molecule is Cc1[nH]c(=O)c(C(C)C)c(C2(c3cc(C#N)cc(C(=O)O)c3)CO2)c1CC1CC1. The number of carbonyl (C=O) groups is 1. The minimum Gasteiger partial charge on any atom is -0.478 e. The molecule has 6 heteroatoms. The first-order valence-electron chi connectivity index (χ1n) is 9.96. The lowest BCUT2D eigenvalue weighted by atomic mass is 9.80. The smallest absolute Gasteiger partial charge is 0.335 e. The van der Waals surface area contributed by atoms with Crippen LogP contribution in [0.2, 0.25) is 0 Å². The number of ether oxygens (including phenoxy) is 1. The van der Waals surface area contributed by atoms with Gasteiger partial charge in [-0.15, -0.1) is 0 Å².